The van der Waals surface area contributed by atoms with Crippen LogP contribution in [-0.4, -0.2) is 31.7 Å². The molecule has 0 spiro atoms. The summed E-state index contributed by atoms with van der Waals surface area (Å²) in [5.74, 6) is 0.631. The van der Waals surface area contributed by atoms with E-state index in [1.54, 1.807) is 18.5 Å². The van der Waals surface area contributed by atoms with E-state index < -0.39 is 0 Å². The van der Waals surface area contributed by atoms with Crippen molar-refractivity contribution in [3.05, 3.63) is 65.8 Å². The molecule has 0 saturated carbocycles. The second kappa shape index (κ2) is 6.86. The molecule has 0 N–H and O–H groups in total. The minimum absolute atomic E-state index is 0.0536. The molecule has 1 fully saturated rings. The smallest absolute Gasteiger partial charge is 0.227 e. The van der Waals surface area contributed by atoms with Gasteiger partial charge >= 0.3 is 0 Å². The Morgan fingerprint density at radius 3 is 2.88 bits per heavy atom. The van der Waals surface area contributed by atoms with E-state index in [0.717, 1.165) is 48.4 Å². The zero-order valence-corrected chi connectivity index (χ0v) is 14.7. The highest BCUT2D eigenvalue weighted by molar-refractivity contribution is 5.79. The predicted octanol–water partition coefficient (Wildman–Crippen LogP) is 3.47. The molecule has 2 aromatic heterocycles. The lowest BCUT2D eigenvalue weighted by Gasteiger charge is -2.35. The normalized spacial score (nSPS) is 17.6. The van der Waals surface area contributed by atoms with Crippen LogP contribution in [0.2, 0.25) is 0 Å². The van der Waals surface area contributed by atoms with E-state index in [1.807, 2.05) is 28.5 Å². The fourth-order valence-electron chi connectivity index (χ4n) is 3.70. The van der Waals surface area contributed by atoms with Gasteiger partial charge in [-0.3, -0.25) is 9.20 Å². The number of hydrogen-bond acceptors (Lipinski definition) is 3. The van der Waals surface area contributed by atoms with Gasteiger partial charge in [0, 0.05) is 12.2 Å². The third-order valence-corrected chi connectivity index (χ3v) is 4.95. The maximum atomic E-state index is 13.1. The molecule has 1 amide bonds. The summed E-state index contributed by atoms with van der Waals surface area (Å²) in [6.45, 7) is 2.68. The maximum absolute atomic E-state index is 13.1. The number of carbonyl (C=O) groups is 1. The number of likely N-dealkylation sites (tertiary alicyclic amines) is 1. The largest absolute Gasteiger partial charge is 0.332 e. The summed E-state index contributed by atoms with van der Waals surface area (Å²) in [7, 11) is 0. The number of aromatic nitrogens is 3. The highest BCUT2D eigenvalue weighted by Gasteiger charge is 2.30. The van der Waals surface area contributed by atoms with Crippen molar-refractivity contribution in [1.82, 2.24) is 19.3 Å². The Hall–Kier alpha value is -2.76. The van der Waals surface area contributed by atoms with Gasteiger partial charge in [0.25, 0.3) is 0 Å². The minimum atomic E-state index is -0.288. The van der Waals surface area contributed by atoms with Gasteiger partial charge < -0.3 is 4.90 Å². The Kier molecular flexibility index (Phi) is 4.41. The molecule has 0 aliphatic carbocycles. The Morgan fingerprint density at radius 2 is 2.08 bits per heavy atom. The summed E-state index contributed by atoms with van der Waals surface area (Å²) >= 11 is 0. The monoisotopic (exact) mass is 352 g/mol. The number of aryl methyl sites for hydroxylation is 1. The fourth-order valence-corrected chi connectivity index (χ4v) is 3.70. The van der Waals surface area contributed by atoms with Gasteiger partial charge in [0.05, 0.1) is 24.2 Å². The average molecular weight is 352 g/mol. The molecule has 26 heavy (non-hydrogen) atoms. The molecule has 5 nitrogen and oxygen atoms in total. The van der Waals surface area contributed by atoms with Crippen LogP contribution in [0, 0.1) is 12.7 Å². The zero-order valence-electron chi connectivity index (χ0n) is 14.7. The fraction of sp³-hybridized carbons (Fsp3) is 0.350. The van der Waals surface area contributed by atoms with Gasteiger partial charge in [0.1, 0.15) is 18.0 Å². The Morgan fingerprint density at radius 1 is 1.27 bits per heavy atom. The summed E-state index contributed by atoms with van der Waals surface area (Å²) in [6.07, 6.45) is 6.79. The molecule has 134 valence electrons. The summed E-state index contributed by atoms with van der Waals surface area (Å²) in [4.78, 5) is 23.9. The van der Waals surface area contributed by atoms with Gasteiger partial charge in [0.15, 0.2) is 0 Å². The van der Waals surface area contributed by atoms with Crippen molar-refractivity contribution < 1.29 is 9.18 Å². The third-order valence-electron chi connectivity index (χ3n) is 4.95. The number of benzene rings is 1. The van der Waals surface area contributed by atoms with Crippen molar-refractivity contribution in [2.24, 2.45) is 0 Å². The first-order valence-corrected chi connectivity index (χ1v) is 8.95. The van der Waals surface area contributed by atoms with Crippen LogP contribution in [0.15, 0.2) is 42.9 Å². The molecule has 3 heterocycles. The Bertz CT molecular complexity index is 935. The number of imidazole rings is 1. The van der Waals surface area contributed by atoms with Crippen molar-refractivity contribution in [1.29, 1.82) is 0 Å². The molecule has 1 aliphatic heterocycles. The first-order valence-electron chi connectivity index (χ1n) is 8.95. The van der Waals surface area contributed by atoms with Gasteiger partial charge in [-0.2, -0.15) is 0 Å². The standard InChI is InChI=1S/C20H21FN4O/c1-14-10-17-12-22-13-25(17)20(23-14)18-4-2-3-9-24(18)19(26)11-15-5-7-16(21)8-6-15/h5-8,10,12-13,18H,2-4,9,11H2,1H3/t18-/m0/s1. The molecule has 6 heteroatoms. The van der Waals surface area contributed by atoms with Crippen LogP contribution >= 0.6 is 0 Å². The molecule has 1 saturated heterocycles. The Balaban J connectivity index is 1.64. The lowest BCUT2D eigenvalue weighted by atomic mass is 9.99. The Labute approximate surface area is 151 Å². The highest BCUT2D eigenvalue weighted by Crippen LogP contribution is 2.31. The van der Waals surface area contributed by atoms with Crippen molar-refractivity contribution >= 4 is 11.4 Å². The first-order chi connectivity index (χ1) is 12.6. The van der Waals surface area contributed by atoms with Crippen LogP contribution in [0.5, 0.6) is 0 Å². The third kappa shape index (κ3) is 3.19. The molecule has 4 rings (SSSR count). The second-order valence-electron chi connectivity index (χ2n) is 6.85. The average Bonchev–Trinajstić information content (AvgIpc) is 3.11. The van der Waals surface area contributed by atoms with E-state index in [4.69, 9.17) is 4.98 Å². The predicted molar refractivity (Wildman–Crippen MR) is 96.1 cm³/mol. The maximum Gasteiger partial charge on any atom is 0.227 e. The van der Waals surface area contributed by atoms with E-state index in [1.165, 1.54) is 12.1 Å². The van der Waals surface area contributed by atoms with Crippen LogP contribution in [0.1, 0.15) is 42.4 Å². The summed E-state index contributed by atoms with van der Waals surface area (Å²) in [5.41, 5.74) is 2.74. The van der Waals surface area contributed by atoms with E-state index in [9.17, 15) is 9.18 Å². The molecule has 1 aromatic carbocycles. The number of carbonyl (C=O) groups excluding carboxylic acids is 1. The van der Waals surface area contributed by atoms with Gasteiger partial charge in [0.2, 0.25) is 5.91 Å². The van der Waals surface area contributed by atoms with Crippen molar-refractivity contribution in [3.63, 3.8) is 0 Å². The number of fused-ring (bicyclic) bond motifs is 1. The zero-order chi connectivity index (χ0) is 18.1. The number of nitrogens with zero attached hydrogens (tertiary/aromatic N) is 4. The van der Waals surface area contributed by atoms with E-state index >= 15 is 0 Å². The molecular formula is C20H21FN4O. The van der Waals surface area contributed by atoms with Gasteiger partial charge in [-0.1, -0.05) is 12.1 Å². The van der Waals surface area contributed by atoms with Crippen LogP contribution in [0.25, 0.3) is 5.52 Å². The van der Waals surface area contributed by atoms with Gasteiger partial charge in [-0.25, -0.2) is 14.4 Å². The van der Waals surface area contributed by atoms with Crippen LogP contribution in [-0.2, 0) is 11.2 Å². The van der Waals surface area contributed by atoms with Crippen molar-refractivity contribution in [3.8, 4) is 0 Å². The number of rotatable bonds is 3. The highest BCUT2D eigenvalue weighted by atomic mass is 19.1. The molecule has 0 unspecified atom stereocenters. The van der Waals surface area contributed by atoms with Gasteiger partial charge in [-0.15, -0.1) is 0 Å². The van der Waals surface area contributed by atoms with Crippen LogP contribution < -0.4 is 0 Å². The molecule has 3 aromatic rings. The summed E-state index contributed by atoms with van der Waals surface area (Å²) in [5, 5.41) is 0. The molecule has 1 atom stereocenters. The van der Waals surface area contributed by atoms with Crippen LogP contribution in [0.3, 0.4) is 0 Å². The topological polar surface area (TPSA) is 50.5 Å². The van der Waals surface area contributed by atoms with Crippen molar-refractivity contribution in [2.45, 2.75) is 38.6 Å². The summed E-state index contributed by atoms with van der Waals surface area (Å²) in [6, 6.07) is 8.06. The lowest BCUT2D eigenvalue weighted by Crippen LogP contribution is -2.40. The number of amides is 1. The second-order valence-corrected chi connectivity index (χ2v) is 6.85. The number of hydrogen-bond donors (Lipinski definition) is 0. The van der Waals surface area contributed by atoms with Gasteiger partial charge in [-0.05, 0) is 49.9 Å². The van der Waals surface area contributed by atoms with Crippen LogP contribution in [0.4, 0.5) is 4.39 Å². The minimum Gasteiger partial charge on any atom is -0.332 e. The number of halogens is 1. The van der Waals surface area contributed by atoms with E-state index in [0.29, 0.717) is 0 Å². The van der Waals surface area contributed by atoms with Crippen molar-refractivity contribution in [2.75, 3.05) is 6.54 Å². The number of piperidine rings is 1. The van der Waals surface area contributed by atoms with E-state index in [2.05, 4.69) is 4.98 Å². The molecule has 0 bridgehead atoms. The lowest BCUT2D eigenvalue weighted by molar-refractivity contribution is -0.134. The van der Waals surface area contributed by atoms with E-state index in [-0.39, 0.29) is 24.2 Å². The first kappa shape index (κ1) is 16.7. The molecule has 0 radical (unpaired) electrons. The summed E-state index contributed by atoms with van der Waals surface area (Å²) < 4.78 is 15.1. The molecule has 1 aliphatic rings. The SMILES string of the molecule is Cc1cc2cncn2c([C@@H]2CCCCN2C(=O)Cc2ccc(F)cc2)n1. The molecular weight excluding hydrogens is 331 g/mol. The quantitative estimate of drug-likeness (QED) is 0.725.